The van der Waals surface area contributed by atoms with E-state index in [1.165, 1.54) is 5.56 Å². The van der Waals surface area contributed by atoms with Crippen molar-refractivity contribution < 1.29 is 4.79 Å². The van der Waals surface area contributed by atoms with Crippen LogP contribution in [0.2, 0.25) is 0 Å². The second-order valence-corrected chi connectivity index (χ2v) is 4.65. The molecule has 3 aromatic rings. The summed E-state index contributed by atoms with van der Waals surface area (Å²) in [4.78, 5) is 15.4. The quantitative estimate of drug-likeness (QED) is 0.658. The van der Waals surface area contributed by atoms with Gasteiger partial charge in [-0.1, -0.05) is 23.8 Å². The summed E-state index contributed by atoms with van der Waals surface area (Å²) in [6.07, 6.45) is 2.52. The van der Waals surface area contributed by atoms with E-state index in [1.807, 2.05) is 44.2 Å². The molecule has 0 amide bonds. The Balaban J connectivity index is 2.21. The van der Waals surface area contributed by atoms with Gasteiger partial charge in [-0.05, 0) is 31.5 Å². The van der Waals surface area contributed by atoms with Crippen molar-refractivity contribution in [2.75, 3.05) is 0 Å². The Morgan fingerprint density at radius 3 is 2.79 bits per heavy atom. The first-order valence-electron chi connectivity index (χ1n) is 6.06. The summed E-state index contributed by atoms with van der Waals surface area (Å²) in [6, 6.07) is 9.87. The highest BCUT2D eigenvalue weighted by molar-refractivity contribution is 5.76. The van der Waals surface area contributed by atoms with Gasteiger partial charge in [0.15, 0.2) is 17.8 Å². The van der Waals surface area contributed by atoms with Crippen LogP contribution in [0.4, 0.5) is 0 Å². The average Bonchev–Trinajstić information content (AvgIpc) is 2.83. The molecule has 0 bridgehead atoms. The lowest BCUT2D eigenvalue weighted by atomic mass is 10.1. The molecule has 0 aliphatic carbocycles. The zero-order valence-electron chi connectivity index (χ0n) is 10.8. The highest BCUT2D eigenvalue weighted by Gasteiger charge is 2.09. The van der Waals surface area contributed by atoms with E-state index in [9.17, 15) is 4.79 Å². The number of hydrogen-bond acceptors (Lipinski definition) is 3. The van der Waals surface area contributed by atoms with Gasteiger partial charge >= 0.3 is 0 Å². The van der Waals surface area contributed by atoms with Gasteiger partial charge in [-0.2, -0.15) is 0 Å². The first kappa shape index (κ1) is 11.6. The van der Waals surface area contributed by atoms with Crippen LogP contribution in [0.5, 0.6) is 0 Å². The molecule has 0 unspecified atom stereocenters. The molecular formula is C15H13N3O. The van der Waals surface area contributed by atoms with E-state index >= 15 is 0 Å². The predicted octanol–water partition coefficient (Wildman–Crippen LogP) is 2.83. The molecule has 0 atom stereocenters. The molecule has 0 aliphatic rings. The Labute approximate surface area is 110 Å². The minimum absolute atomic E-state index is 0.602. The number of pyridine rings is 1. The number of fused-ring (bicyclic) bond motifs is 1. The van der Waals surface area contributed by atoms with Gasteiger partial charge in [-0.15, -0.1) is 5.10 Å². The lowest BCUT2D eigenvalue weighted by Crippen LogP contribution is -1.93. The molecule has 0 N–H and O–H groups in total. The van der Waals surface area contributed by atoms with Crippen molar-refractivity contribution in [3.63, 3.8) is 0 Å². The van der Waals surface area contributed by atoms with Crippen molar-refractivity contribution in [3.05, 3.63) is 53.2 Å². The predicted molar refractivity (Wildman–Crippen MR) is 73.3 cm³/mol. The van der Waals surface area contributed by atoms with Gasteiger partial charge < -0.3 is 0 Å². The topological polar surface area (TPSA) is 47.3 Å². The third kappa shape index (κ3) is 2.01. The summed E-state index contributed by atoms with van der Waals surface area (Å²) in [7, 11) is 0. The van der Waals surface area contributed by atoms with Gasteiger partial charge in [-0.3, -0.25) is 4.79 Å². The lowest BCUT2D eigenvalue weighted by molar-refractivity contribution is 0.112. The van der Waals surface area contributed by atoms with Gasteiger partial charge in [0.2, 0.25) is 0 Å². The molecule has 4 heteroatoms. The summed E-state index contributed by atoms with van der Waals surface area (Å²) < 4.78 is 1.66. The number of rotatable bonds is 2. The van der Waals surface area contributed by atoms with Crippen molar-refractivity contribution in [1.82, 2.24) is 14.6 Å². The highest BCUT2D eigenvalue weighted by Crippen LogP contribution is 2.19. The fourth-order valence-electron chi connectivity index (χ4n) is 2.15. The zero-order chi connectivity index (χ0) is 13.4. The summed E-state index contributed by atoms with van der Waals surface area (Å²) in [6.45, 7) is 3.96. The van der Waals surface area contributed by atoms with Gasteiger partial charge in [-0.25, -0.2) is 9.50 Å². The van der Waals surface area contributed by atoms with Crippen molar-refractivity contribution in [2.24, 2.45) is 0 Å². The third-order valence-electron chi connectivity index (χ3n) is 3.05. The van der Waals surface area contributed by atoms with E-state index in [0.717, 1.165) is 23.1 Å². The Kier molecular flexibility index (Phi) is 2.63. The van der Waals surface area contributed by atoms with Gasteiger partial charge in [0, 0.05) is 17.3 Å². The van der Waals surface area contributed by atoms with Crippen molar-refractivity contribution in [3.8, 4) is 11.4 Å². The molecule has 94 valence electrons. The Hall–Kier alpha value is -2.49. The van der Waals surface area contributed by atoms with Gasteiger partial charge in [0.05, 0.1) is 0 Å². The van der Waals surface area contributed by atoms with Crippen LogP contribution in [0.15, 0.2) is 36.5 Å². The van der Waals surface area contributed by atoms with Crippen LogP contribution < -0.4 is 0 Å². The first-order chi connectivity index (χ1) is 9.17. The number of nitrogens with zero attached hydrogens (tertiary/aromatic N) is 3. The Bertz CT molecular complexity index is 774. The van der Waals surface area contributed by atoms with Crippen LogP contribution in [0.3, 0.4) is 0 Å². The third-order valence-corrected chi connectivity index (χ3v) is 3.05. The standard InChI is InChI=1S/C15H13N3O/c1-10-4-3-5-13(6-10)14-16-15-11(2)7-12(9-19)8-18(15)17-14/h3-9H,1-2H3. The number of aldehydes is 1. The number of carbonyl (C=O) groups excluding carboxylic acids is 1. The number of hydrogen-bond donors (Lipinski definition) is 0. The van der Waals surface area contributed by atoms with E-state index in [0.29, 0.717) is 11.4 Å². The SMILES string of the molecule is Cc1cccc(-c2nc3c(C)cc(C=O)cn3n2)c1. The van der Waals surface area contributed by atoms with E-state index in [1.54, 1.807) is 10.7 Å². The molecule has 3 rings (SSSR count). The minimum Gasteiger partial charge on any atom is -0.298 e. The summed E-state index contributed by atoms with van der Waals surface area (Å²) in [5.74, 6) is 0.676. The number of benzene rings is 1. The monoisotopic (exact) mass is 251 g/mol. The minimum atomic E-state index is 0.602. The molecular weight excluding hydrogens is 238 g/mol. The summed E-state index contributed by atoms with van der Waals surface area (Å²) in [5.41, 5.74) is 4.47. The van der Waals surface area contributed by atoms with E-state index in [2.05, 4.69) is 10.1 Å². The molecule has 4 nitrogen and oxygen atoms in total. The van der Waals surface area contributed by atoms with Crippen molar-refractivity contribution >= 4 is 11.9 Å². The zero-order valence-corrected chi connectivity index (χ0v) is 10.8. The van der Waals surface area contributed by atoms with Crippen LogP contribution in [-0.2, 0) is 0 Å². The number of aryl methyl sites for hydroxylation is 2. The molecule has 1 aromatic carbocycles. The van der Waals surface area contributed by atoms with Gasteiger partial charge in [0.1, 0.15) is 0 Å². The van der Waals surface area contributed by atoms with Crippen LogP contribution in [0, 0.1) is 13.8 Å². The van der Waals surface area contributed by atoms with Crippen molar-refractivity contribution in [1.29, 1.82) is 0 Å². The van der Waals surface area contributed by atoms with E-state index in [4.69, 9.17) is 0 Å². The molecule has 0 aliphatic heterocycles. The van der Waals surface area contributed by atoms with Crippen LogP contribution in [0.25, 0.3) is 17.0 Å². The normalized spacial score (nSPS) is 10.8. The molecule has 0 fully saturated rings. The van der Waals surface area contributed by atoms with Crippen LogP contribution in [-0.4, -0.2) is 20.9 Å². The molecule has 2 heterocycles. The first-order valence-corrected chi connectivity index (χ1v) is 6.06. The van der Waals surface area contributed by atoms with Crippen molar-refractivity contribution in [2.45, 2.75) is 13.8 Å². The molecule has 0 spiro atoms. The molecule has 19 heavy (non-hydrogen) atoms. The molecule has 2 aromatic heterocycles. The maximum Gasteiger partial charge on any atom is 0.182 e. The van der Waals surface area contributed by atoms with E-state index in [-0.39, 0.29) is 0 Å². The molecule has 0 saturated carbocycles. The Morgan fingerprint density at radius 2 is 2.05 bits per heavy atom. The molecule has 0 radical (unpaired) electrons. The maximum absolute atomic E-state index is 10.9. The van der Waals surface area contributed by atoms with Crippen LogP contribution >= 0.6 is 0 Å². The lowest BCUT2D eigenvalue weighted by Gasteiger charge is -1.96. The maximum atomic E-state index is 10.9. The fraction of sp³-hybridized carbons (Fsp3) is 0.133. The second-order valence-electron chi connectivity index (χ2n) is 4.65. The summed E-state index contributed by atoms with van der Waals surface area (Å²) >= 11 is 0. The van der Waals surface area contributed by atoms with Crippen LogP contribution in [0.1, 0.15) is 21.5 Å². The fourth-order valence-corrected chi connectivity index (χ4v) is 2.15. The number of aromatic nitrogens is 3. The number of carbonyl (C=O) groups is 1. The summed E-state index contributed by atoms with van der Waals surface area (Å²) in [5, 5.41) is 4.44. The smallest absolute Gasteiger partial charge is 0.182 e. The average molecular weight is 251 g/mol. The molecule has 0 saturated heterocycles. The Morgan fingerprint density at radius 1 is 1.21 bits per heavy atom. The van der Waals surface area contributed by atoms with Gasteiger partial charge in [0.25, 0.3) is 0 Å². The highest BCUT2D eigenvalue weighted by atomic mass is 16.1. The second kappa shape index (κ2) is 4.31. The largest absolute Gasteiger partial charge is 0.298 e. The van der Waals surface area contributed by atoms with E-state index < -0.39 is 0 Å².